The molecule has 1 aromatic rings. The summed E-state index contributed by atoms with van der Waals surface area (Å²) in [7, 11) is 1.81. The van der Waals surface area contributed by atoms with Crippen LogP contribution in [0.3, 0.4) is 0 Å². The van der Waals surface area contributed by atoms with Gasteiger partial charge < -0.3 is 10.6 Å². The van der Waals surface area contributed by atoms with Crippen LogP contribution in [0.1, 0.15) is 39.2 Å². The molecule has 0 fully saturated rings. The van der Waals surface area contributed by atoms with Crippen LogP contribution >= 0.6 is 12.4 Å². The first-order chi connectivity index (χ1) is 8.36. The number of amides is 1. The SMILES string of the molecule is CN(C(=O)CCCN)c1ccc(C(C)(C)C)cc1.Cl. The Labute approximate surface area is 122 Å². The van der Waals surface area contributed by atoms with Gasteiger partial charge >= 0.3 is 0 Å². The normalized spacial score (nSPS) is 10.8. The monoisotopic (exact) mass is 284 g/mol. The third-order valence-electron chi connectivity index (χ3n) is 3.09. The van der Waals surface area contributed by atoms with Gasteiger partial charge in [-0.25, -0.2) is 0 Å². The third kappa shape index (κ3) is 5.21. The number of carbonyl (C=O) groups excluding carboxylic acids is 1. The Bertz CT molecular complexity index is 396. The van der Waals surface area contributed by atoms with Crippen molar-refractivity contribution in [2.45, 2.75) is 39.0 Å². The van der Waals surface area contributed by atoms with Crippen LogP contribution < -0.4 is 10.6 Å². The maximum atomic E-state index is 11.9. The summed E-state index contributed by atoms with van der Waals surface area (Å²) >= 11 is 0. The van der Waals surface area contributed by atoms with Crippen LogP contribution in [0.4, 0.5) is 5.69 Å². The molecule has 1 amide bonds. The van der Waals surface area contributed by atoms with E-state index in [1.165, 1.54) is 5.56 Å². The molecule has 0 spiro atoms. The van der Waals surface area contributed by atoms with E-state index in [4.69, 9.17) is 5.73 Å². The summed E-state index contributed by atoms with van der Waals surface area (Å²) in [6, 6.07) is 8.17. The van der Waals surface area contributed by atoms with Crippen molar-refractivity contribution in [2.75, 3.05) is 18.5 Å². The molecule has 0 saturated heterocycles. The van der Waals surface area contributed by atoms with E-state index in [1.54, 1.807) is 4.90 Å². The van der Waals surface area contributed by atoms with Gasteiger partial charge in [-0.05, 0) is 36.1 Å². The van der Waals surface area contributed by atoms with E-state index in [0.717, 1.165) is 12.1 Å². The van der Waals surface area contributed by atoms with Gasteiger partial charge in [0.2, 0.25) is 5.91 Å². The van der Waals surface area contributed by atoms with Gasteiger partial charge in [-0.2, -0.15) is 0 Å². The zero-order valence-electron chi connectivity index (χ0n) is 12.3. The fourth-order valence-electron chi connectivity index (χ4n) is 1.75. The fourth-order valence-corrected chi connectivity index (χ4v) is 1.75. The molecule has 2 N–H and O–H groups in total. The number of rotatable bonds is 4. The van der Waals surface area contributed by atoms with Crippen molar-refractivity contribution in [1.82, 2.24) is 0 Å². The number of carbonyl (C=O) groups is 1. The lowest BCUT2D eigenvalue weighted by atomic mass is 9.87. The smallest absolute Gasteiger partial charge is 0.226 e. The molecule has 0 aromatic heterocycles. The molecule has 0 aliphatic heterocycles. The van der Waals surface area contributed by atoms with Gasteiger partial charge in [0.25, 0.3) is 0 Å². The van der Waals surface area contributed by atoms with Gasteiger partial charge in [0.1, 0.15) is 0 Å². The van der Waals surface area contributed by atoms with Gasteiger partial charge in [0.15, 0.2) is 0 Å². The number of halogens is 1. The van der Waals surface area contributed by atoms with Crippen LogP contribution in [0, 0.1) is 0 Å². The highest BCUT2D eigenvalue weighted by atomic mass is 35.5. The lowest BCUT2D eigenvalue weighted by molar-refractivity contribution is -0.118. The molecule has 4 heteroatoms. The van der Waals surface area contributed by atoms with E-state index in [2.05, 4.69) is 32.9 Å². The Hall–Kier alpha value is -1.06. The molecule has 3 nitrogen and oxygen atoms in total. The molecule has 1 rings (SSSR count). The van der Waals surface area contributed by atoms with E-state index in [9.17, 15) is 4.79 Å². The summed E-state index contributed by atoms with van der Waals surface area (Å²) in [6.45, 7) is 7.09. The van der Waals surface area contributed by atoms with E-state index < -0.39 is 0 Å². The first kappa shape index (κ1) is 17.9. The molecule has 0 saturated carbocycles. The number of benzene rings is 1. The average molecular weight is 285 g/mol. The van der Waals surface area contributed by atoms with E-state index in [1.807, 2.05) is 19.2 Å². The zero-order valence-corrected chi connectivity index (χ0v) is 13.1. The molecule has 19 heavy (non-hydrogen) atoms. The van der Waals surface area contributed by atoms with Gasteiger partial charge in [-0.1, -0.05) is 32.9 Å². The second-order valence-corrected chi connectivity index (χ2v) is 5.64. The molecule has 0 aliphatic rings. The molecule has 0 atom stereocenters. The van der Waals surface area contributed by atoms with Crippen LogP contribution in [0.15, 0.2) is 24.3 Å². The minimum Gasteiger partial charge on any atom is -0.330 e. The van der Waals surface area contributed by atoms with Gasteiger partial charge in [-0.3, -0.25) is 4.79 Å². The molecule has 0 aliphatic carbocycles. The lowest BCUT2D eigenvalue weighted by Crippen LogP contribution is -2.26. The molecule has 0 unspecified atom stereocenters. The Morgan fingerprint density at radius 1 is 1.21 bits per heavy atom. The first-order valence-corrected chi connectivity index (χ1v) is 6.43. The zero-order chi connectivity index (χ0) is 13.8. The van der Waals surface area contributed by atoms with E-state index in [-0.39, 0.29) is 23.7 Å². The number of hydrogen-bond donors (Lipinski definition) is 1. The van der Waals surface area contributed by atoms with Crippen LogP contribution in [0.25, 0.3) is 0 Å². The van der Waals surface area contributed by atoms with Crippen molar-refractivity contribution in [3.63, 3.8) is 0 Å². The summed E-state index contributed by atoms with van der Waals surface area (Å²) in [5, 5.41) is 0. The van der Waals surface area contributed by atoms with Crippen molar-refractivity contribution < 1.29 is 4.79 Å². The predicted octanol–water partition coefficient (Wildman–Crippen LogP) is 3.11. The first-order valence-electron chi connectivity index (χ1n) is 6.43. The third-order valence-corrected chi connectivity index (χ3v) is 3.09. The molecule has 0 heterocycles. The summed E-state index contributed by atoms with van der Waals surface area (Å²) in [5.41, 5.74) is 7.76. The predicted molar refractivity (Wildman–Crippen MR) is 84.1 cm³/mol. The Balaban J connectivity index is 0.00000324. The fraction of sp³-hybridized carbons (Fsp3) is 0.533. The summed E-state index contributed by atoms with van der Waals surface area (Å²) in [5.74, 6) is 0.115. The molecule has 1 aromatic carbocycles. The van der Waals surface area contributed by atoms with Crippen LogP contribution in [-0.2, 0) is 10.2 Å². The lowest BCUT2D eigenvalue weighted by Gasteiger charge is -2.22. The number of nitrogens with zero attached hydrogens (tertiary/aromatic N) is 1. The summed E-state index contributed by atoms with van der Waals surface area (Å²) < 4.78 is 0. The van der Waals surface area contributed by atoms with Gasteiger partial charge in [0, 0.05) is 19.2 Å². The maximum absolute atomic E-state index is 11.9. The molecule has 0 bridgehead atoms. The van der Waals surface area contributed by atoms with Crippen molar-refractivity contribution in [3.8, 4) is 0 Å². The van der Waals surface area contributed by atoms with Crippen molar-refractivity contribution in [2.24, 2.45) is 5.73 Å². The Kier molecular flexibility index (Phi) is 7.09. The second-order valence-electron chi connectivity index (χ2n) is 5.64. The molecular formula is C15H25ClN2O. The summed E-state index contributed by atoms with van der Waals surface area (Å²) in [6.07, 6.45) is 1.25. The van der Waals surface area contributed by atoms with E-state index >= 15 is 0 Å². The topological polar surface area (TPSA) is 46.3 Å². The van der Waals surface area contributed by atoms with Crippen molar-refractivity contribution in [1.29, 1.82) is 0 Å². The number of nitrogens with two attached hydrogens (primary N) is 1. The number of hydrogen-bond acceptors (Lipinski definition) is 2. The summed E-state index contributed by atoms with van der Waals surface area (Å²) in [4.78, 5) is 13.6. The quantitative estimate of drug-likeness (QED) is 0.923. The van der Waals surface area contributed by atoms with Crippen molar-refractivity contribution >= 4 is 24.0 Å². The Morgan fingerprint density at radius 2 is 1.74 bits per heavy atom. The van der Waals surface area contributed by atoms with Crippen LogP contribution in [0.2, 0.25) is 0 Å². The van der Waals surface area contributed by atoms with Crippen molar-refractivity contribution in [3.05, 3.63) is 29.8 Å². The highest BCUT2D eigenvalue weighted by molar-refractivity contribution is 5.92. The van der Waals surface area contributed by atoms with Gasteiger partial charge in [0.05, 0.1) is 0 Å². The van der Waals surface area contributed by atoms with Gasteiger partial charge in [-0.15, -0.1) is 12.4 Å². The highest BCUT2D eigenvalue weighted by Crippen LogP contribution is 2.24. The molecule has 108 valence electrons. The minimum atomic E-state index is 0. The molecular weight excluding hydrogens is 260 g/mol. The highest BCUT2D eigenvalue weighted by Gasteiger charge is 2.15. The van der Waals surface area contributed by atoms with Crippen LogP contribution in [0.5, 0.6) is 0 Å². The maximum Gasteiger partial charge on any atom is 0.226 e. The van der Waals surface area contributed by atoms with E-state index in [0.29, 0.717) is 13.0 Å². The second kappa shape index (κ2) is 7.51. The standard InChI is InChI=1S/C15H24N2O.ClH/c1-15(2,3)12-7-9-13(10-8-12)17(4)14(18)6-5-11-16;/h7-10H,5-6,11,16H2,1-4H3;1H. The average Bonchev–Trinajstić information content (AvgIpc) is 2.34. The van der Waals surface area contributed by atoms with Crippen LogP contribution in [-0.4, -0.2) is 19.5 Å². The number of anilines is 1. The minimum absolute atomic E-state index is 0. The molecule has 0 radical (unpaired) electrons. The Morgan fingerprint density at radius 3 is 2.16 bits per heavy atom. The largest absolute Gasteiger partial charge is 0.330 e.